The maximum Gasteiger partial charge on any atom is 0.302 e. The third-order valence-corrected chi connectivity index (χ3v) is 3.26. The Morgan fingerprint density at radius 1 is 1.27 bits per heavy atom. The Bertz CT molecular complexity index is 284. The minimum absolute atomic E-state index is 0.0260. The molecule has 0 saturated carbocycles. The van der Waals surface area contributed by atoms with Gasteiger partial charge in [0, 0.05) is 26.9 Å². The summed E-state index contributed by atoms with van der Waals surface area (Å²) < 4.78 is 0. The van der Waals surface area contributed by atoms with Gasteiger partial charge >= 0.3 is 5.91 Å². The Hall–Kier alpha value is -0.940. The van der Waals surface area contributed by atoms with Crippen LogP contribution < -0.4 is 4.90 Å². The van der Waals surface area contributed by atoms with Gasteiger partial charge in [-0.2, -0.15) is 0 Å². The lowest BCUT2D eigenvalue weighted by atomic mass is 10.2. The molecule has 0 bridgehead atoms. The maximum absolute atomic E-state index is 12.0. The molecule has 0 radical (unpaired) electrons. The summed E-state index contributed by atoms with van der Waals surface area (Å²) in [4.78, 5) is 24.9. The average Bonchev–Trinajstić information content (AvgIpc) is 2.72. The van der Waals surface area contributed by atoms with E-state index in [2.05, 4.69) is 0 Å². The topological polar surface area (TPSA) is 45.1 Å². The molecule has 2 aliphatic rings. The molecule has 84 valence electrons. The van der Waals surface area contributed by atoms with E-state index in [9.17, 15) is 9.59 Å². The van der Waals surface area contributed by atoms with E-state index >= 15 is 0 Å². The number of amides is 2. The van der Waals surface area contributed by atoms with Crippen molar-refractivity contribution in [3.8, 4) is 0 Å². The number of imide groups is 1. The second-order valence-electron chi connectivity index (χ2n) is 4.51. The minimum atomic E-state index is -0.123. The third-order valence-electron chi connectivity index (χ3n) is 3.26. The van der Waals surface area contributed by atoms with Crippen LogP contribution in [0.2, 0.25) is 0 Å². The van der Waals surface area contributed by atoms with Crippen molar-refractivity contribution in [2.24, 2.45) is 0 Å². The Labute approximate surface area is 89.6 Å². The number of rotatable bonds is 2. The molecule has 2 amide bonds. The zero-order valence-electron chi connectivity index (χ0n) is 9.32. The van der Waals surface area contributed by atoms with Crippen molar-refractivity contribution in [1.82, 2.24) is 10.0 Å². The first kappa shape index (κ1) is 10.6. The summed E-state index contributed by atoms with van der Waals surface area (Å²) in [6, 6.07) is -0.123. The van der Waals surface area contributed by atoms with Crippen molar-refractivity contribution in [2.45, 2.75) is 25.3 Å². The molecule has 5 heteroatoms. The molecule has 5 nitrogen and oxygen atoms in total. The second kappa shape index (κ2) is 3.90. The first-order chi connectivity index (χ1) is 7.11. The SMILES string of the molecule is CN(C)N1C(=O)C[C@H]([NH+]2CCCC2)C1=O. The fourth-order valence-corrected chi connectivity index (χ4v) is 2.54. The van der Waals surface area contributed by atoms with E-state index in [1.165, 1.54) is 22.8 Å². The molecular weight excluding hydrogens is 194 g/mol. The summed E-state index contributed by atoms with van der Waals surface area (Å²) >= 11 is 0. The van der Waals surface area contributed by atoms with Crippen LogP contribution in [0.4, 0.5) is 0 Å². The van der Waals surface area contributed by atoms with Crippen LogP contribution >= 0.6 is 0 Å². The lowest BCUT2D eigenvalue weighted by molar-refractivity contribution is -0.902. The van der Waals surface area contributed by atoms with Gasteiger partial charge in [0.1, 0.15) is 0 Å². The predicted molar refractivity (Wildman–Crippen MR) is 53.9 cm³/mol. The highest BCUT2D eigenvalue weighted by atomic mass is 16.2. The lowest BCUT2D eigenvalue weighted by Gasteiger charge is -2.23. The lowest BCUT2D eigenvalue weighted by Crippen LogP contribution is -3.14. The summed E-state index contributed by atoms with van der Waals surface area (Å²) in [5.41, 5.74) is 0. The van der Waals surface area contributed by atoms with Crippen LogP contribution in [0.25, 0.3) is 0 Å². The summed E-state index contributed by atoms with van der Waals surface area (Å²) in [6.45, 7) is 2.07. The molecule has 2 rings (SSSR count). The van der Waals surface area contributed by atoms with E-state index in [0.717, 1.165) is 13.1 Å². The van der Waals surface area contributed by atoms with Crippen LogP contribution in [0.15, 0.2) is 0 Å². The fraction of sp³-hybridized carbons (Fsp3) is 0.800. The second-order valence-corrected chi connectivity index (χ2v) is 4.51. The van der Waals surface area contributed by atoms with Gasteiger partial charge in [0.15, 0.2) is 6.04 Å². The smallest absolute Gasteiger partial charge is 0.302 e. The van der Waals surface area contributed by atoms with Crippen LogP contribution in [0.5, 0.6) is 0 Å². The van der Waals surface area contributed by atoms with Crippen molar-refractivity contribution >= 4 is 11.8 Å². The van der Waals surface area contributed by atoms with Crippen LogP contribution in [0.3, 0.4) is 0 Å². The Morgan fingerprint density at radius 3 is 2.33 bits per heavy atom. The highest BCUT2D eigenvalue weighted by Gasteiger charge is 2.46. The largest absolute Gasteiger partial charge is 0.324 e. The zero-order chi connectivity index (χ0) is 11.0. The zero-order valence-corrected chi connectivity index (χ0v) is 9.32. The molecule has 0 spiro atoms. The fourth-order valence-electron chi connectivity index (χ4n) is 2.54. The summed E-state index contributed by atoms with van der Waals surface area (Å²) in [7, 11) is 3.47. The van der Waals surface area contributed by atoms with Gasteiger partial charge in [-0.3, -0.25) is 9.59 Å². The van der Waals surface area contributed by atoms with E-state index in [4.69, 9.17) is 0 Å². The molecule has 0 aromatic carbocycles. The van der Waals surface area contributed by atoms with Crippen molar-refractivity contribution in [3.05, 3.63) is 0 Å². The summed E-state index contributed by atoms with van der Waals surface area (Å²) in [5.74, 6) is -0.0868. The Kier molecular flexibility index (Phi) is 2.75. The van der Waals surface area contributed by atoms with Gasteiger partial charge in [-0.25, -0.2) is 10.0 Å². The molecule has 15 heavy (non-hydrogen) atoms. The highest BCUT2D eigenvalue weighted by molar-refractivity contribution is 6.04. The molecule has 1 atom stereocenters. The Balaban J connectivity index is 2.10. The maximum atomic E-state index is 12.0. The number of nitrogens with one attached hydrogen (secondary N) is 1. The summed E-state index contributed by atoms with van der Waals surface area (Å²) in [5, 5.41) is 2.86. The first-order valence-corrected chi connectivity index (χ1v) is 5.50. The Morgan fingerprint density at radius 2 is 1.87 bits per heavy atom. The molecule has 2 saturated heterocycles. The van der Waals surface area contributed by atoms with E-state index in [0.29, 0.717) is 6.42 Å². The normalized spacial score (nSPS) is 28.5. The van der Waals surface area contributed by atoms with Gasteiger partial charge in [0.05, 0.1) is 19.5 Å². The van der Waals surface area contributed by atoms with Gasteiger partial charge in [0.25, 0.3) is 5.91 Å². The van der Waals surface area contributed by atoms with Crippen molar-refractivity contribution in [3.63, 3.8) is 0 Å². The molecule has 2 fully saturated rings. The molecule has 1 N–H and O–H groups in total. The number of hydrogen-bond acceptors (Lipinski definition) is 3. The molecular formula is C10H18N3O2+. The van der Waals surface area contributed by atoms with Crippen molar-refractivity contribution in [2.75, 3.05) is 27.2 Å². The van der Waals surface area contributed by atoms with E-state index in [-0.39, 0.29) is 17.9 Å². The standard InChI is InChI=1S/C10H17N3O2/c1-11(2)13-9(14)7-8(10(13)15)12-5-3-4-6-12/h8H,3-7H2,1-2H3/p+1/t8-/m0/s1. The molecule has 0 aromatic heterocycles. The van der Waals surface area contributed by atoms with Crippen LogP contribution in [-0.4, -0.2) is 55.1 Å². The molecule has 0 aromatic rings. The quantitative estimate of drug-likeness (QED) is 0.553. The number of nitrogens with zero attached hydrogens (tertiary/aromatic N) is 2. The third kappa shape index (κ3) is 1.77. The van der Waals surface area contributed by atoms with Crippen molar-refractivity contribution < 1.29 is 14.5 Å². The minimum Gasteiger partial charge on any atom is -0.324 e. The van der Waals surface area contributed by atoms with Gasteiger partial charge in [-0.1, -0.05) is 0 Å². The number of quaternary nitrogens is 1. The molecule has 0 unspecified atom stereocenters. The summed E-state index contributed by atoms with van der Waals surface area (Å²) in [6.07, 6.45) is 2.73. The number of carbonyl (C=O) groups is 2. The van der Waals surface area contributed by atoms with Gasteiger partial charge in [-0.15, -0.1) is 0 Å². The van der Waals surface area contributed by atoms with Gasteiger partial charge < -0.3 is 4.90 Å². The van der Waals surface area contributed by atoms with E-state index in [1.807, 2.05) is 0 Å². The highest BCUT2D eigenvalue weighted by Crippen LogP contribution is 2.12. The molecule has 2 aliphatic heterocycles. The number of hydrogen-bond donors (Lipinski definition) is 1. The monoisotopic (exact) mass is 212 g/mol. The average molecular weight is 212 g/mol. The van der Waals surface area contributed by atoms with E-state index in [1.54, 1.807) is 19.1 Å². The van der Waals surface area contributed by atoms with Crippen LogP contribution in [0, 0.1) is 0 Å². The number of carbonyl (C=O) groups excluding carboxylic acids is 2. The van der Waals surface area contributed by atoms with Crippen LogP contribution in [0.1, 0.15) is 19.3 Å². The van der Waals surface area contributed by atoms with E-state index < -0.39 is 0 Å². The van der Waals surface area contributed by atoms with Crippen LogP contribution in [-0.2, 0) is 9.59 Å². The number of likely N-dealkylation sites (tertiary alicyclic amines) is 1. The molecule has 2 heterocycles. The first-order valence-electron chi connectivity index (χ1n) is 5.50. The predicted octanol–water partition coefficient (Wildman–Crippen LogP) is -1.73. The molecule has 0 aliphatic carbocycles. The van der Waals surface area contributed by atoms with Crippen molar-refractivity contribution in [1.29, 1.82) is 0 Å². The van der Waals surface area contributed by atoms with Gasteiger partial charge in [0.2, 0.25) is 0 Å². The van der Waals surface area contributed by atoms with Gasteiger partial charge in [-0.05, 0) is 0 Å². The number of hydrazine groups is 1.